The van der Waals surface area contributed by atoms with Crippen LogP contribution in [-0.4, -0.2) is 21.5 Å². The van der Waals surface area contributed by atoms with Crippen LogP contribution in [0.2, 0.25) is 0 Å². The molecular weight excluding hydrogens is 473 g/mol. The first-order chi connectivity index (χ1) is 17.4. The summed E-state index contributed by atoms with van der Waals surface area (Å²) in [5, 5.41) is 4.04. The second-order valence-corrected chi connectivity index (χ2v) is 10.4. The molecule has 0 bridgehead atoms. The summed E-state index contributed by atoms with van der Waals surface area (Å²) in [6, 6.07) is 17.7. The lowest BCUT2D eigenvalue weighted by atomic mass is 10.1. The van der Waals surface area contributed by atoms with Crippen LogP contribution in [0.1, 0.15) is 52.7 Å². The minimum atomic E-state index is -0.302. The van der Waals surface area contributed by atoms with Gasteiger partial charge in [-0.05, 0) is 85.8 Å². The lowest BCUT2D eigenvalue weighted by molar-refractivity contribution is 0.0938. The Morgan fingerprint density at radius 2 is 1.81 bits per heavy atom. The number of hydrogen-bond donors (Lipinski definition) is 1. The predicted molar refractivity (Wildman–Crippen MR) is 142 cm³/mol. The Kier molecular flexibility index (Phi) is 6.92. The monoisotopic (exact) mass is 501 g/mol. The Labute approximate surface area is 213 Å². The summed E-state index contributed by atoms with van der Waals surface area (Å²) in [6.45, 7) is 3.98. The van der Waals surface area contributed by atoms with Crippen molar-refractivity contribution in [2.24, 2.45) is 0 Å². The first-order valence-corrected chi connectivity index (χ1v) is 13.2. The highest BCUT2D eigenvalue weighted by molar-refractivity contribution is 7.98. The molecule has 7 heteroatoms. The number of halogens is 1. The number of aromatic nitrogens is 2. The number of carbonyl (C=O) groups excluding carboxylic acids is 1. The Balaban J connectivity index is 1.58. The minimum Gasteiger partial charge on any atom is -0.349 e. The van der Waals surface area contributed by atoms with Crippen molar-refractivity contribution in [2.45, 2.75) is 56.5 Å². The third-order valence-corrected chi connectivity index (χ3v) is 7.52. The molecule has 1 aromatic heterocycles. The number of carbonyl (C=O) groups is 1. The van der Waals surface area contributed by atoms with Crippen LogP contribution in [0.3, 0.4) is 0 Å². The summed E-state index contributed by atoms with van der Waals surface area (Å²) < 4.78 is 15.4. The molecule has 0 aliphatic heterocycles. The highest BCUT2D eigenvalue weighted by atomic mass is 32.2. The quantitative estimate of drug-likeness (QED) is 0.256. The summed E-state index contributed by atoms with van der Waals surface area (Å²) in [5.74, 6) is 0.00442. The van der Waals surface area contributed by atoms with Gasteiger partial charge in [0.15, 0.2) is 5.16 Å². The van der Waals surface area contributed by atoms with Gasteiger partial charge in [-0.1, -0.05) is 42.8 Å². The number of nitrogens with one attached hydrogen (secondary N) is 1. The summed E-state index contributed by atoms with van der Waals surface area (Å²) >= 11 is 1.37. The summed E-state index contributed by atoms with van der Waals surface area (Å²) in [4.78, 5) is 31.4. The van der Waals surface area contributed by atoms with Crippen LogP contribution >= 0.6 is 11.8 Å². The molecule has 4 aromatic rings. The zero-order chi connectivity index (χ0) is 25.2. The van der Waals surface area contributed by atoms with E-state index in [-0.39, 0.29) is 23.3 Å². The maximum Gasteiger partial charge on any atom is 0.266 e. The van der Waals surface area contributed by atoms with Crippen molar-refractivity contribution in [1.29, 1.82) is 0 Å². The standard InChI is InChI=1S/C29H28FN3O2S/c1-18-12-19(2)14-24(13-18)33-28(35)25-11-10-21(27(34)31-23-8-3-4-9-23)16-26(25)32-29(33)36-17-20-6-5-7-22(30)15-20/h5-7,10-16,23H,3-4,8-9,17H2,1-2H3,(H,31,34). The number of nitrogens with zero attached hydrogens (tertiary/aromatic N) is 2. The number of rotatable bonds is 6. The zero-order valence-corrected chi connectivity index (χ0v) is 21.2. The average Bonchev–Trinajstić information content (AvgIpc) is 3.35. The molecule has 1 N–H and O–H groups in total. The smallest absolute Gasteiger partial charge is 0.266 e. The first kappa shape index (κ1) is 24.3. The van der Waals surface area contributed by atoms with Crippen molar-refractivity contribution >= 4 is 28.6 Å². The van der Waals surface area contributed by atoms with Gasteiger partial charge >= 0.3 is 0 Å². The molecular formula is C29H28FN3O2S. The van der Waals surface area contributed by atoms with Gasteiger partial charge in [-0.15, -0.1) is 0 Å². The van der Waals surface area contributed by atoms with Crippen molar-refractivity contribution in [3.05, 3.63) is 99.1 Å². The summed E-state index contributed by atoms with van der Waals surface area (Å²) in [5.41, 5.74) is 4.37. The van der Waals surface area contributed by atoms with Crippen molar-refractivity contribution in [1.82, 2.24) is 14.9 Å². The SMILES string of the molecule is Cc1cc(C)cc(-n2c(SCc3cccc(F)c3)nc3cc(C(=O)NC4CCCC4)ccc3c2=O)c1. The van der Waals surface area contributed by atoms with Gasteiger partial charge in [-0.3, -0.25) is 14.2 Å². The van der Waals surface area contributed by atoms with Crippen molar-refractivity contribution < 1.29 is 9.18 Å². The Morgan fingerprint density at radius 3 is 2.53 bits per heavy atom. The molecule has 0 radical (unpaired) electrons. The number of fused-ring (bicyclic) bond motifs is 1. The summed E-state index contributed by atoms with van der Waals surface area (Å²) in [6.07, 6.45) is 4.26. The van der Waals surface area contributed by atoms with Gasteiger partial charge < -0.3 is 5.32 Å². The molecule has 184 valence electrons. The third-order valence-electron chi connectivity index (χ3n) is 6.51. The van der Waals surface area contributed by atoms with Crippen molar-refractivity contribution in [2.75, 3.05) is 0 Å². The fourth-order valence-corrected chi connectivity index (χ4v) is 5.78. The van der Waals surface area contributed by atoms with Crippen LogP contribution < -0.4 is 10.9 Å². The average molecular weight is 502 g/mol. The molecule has 1 aliphatic rings. The molecule has 1 heterocycles. The number of thioether (sulfide) groups is 1. The van der Waals surface area contributed by atoms with Crippen LogP contribution in [-0.2, 0) is 5.75 Å². The topological polar surface area (TPSA) is 64.0 Å². The number of aryl methyl sites for hydroxylation is 2. The zero-order valence-electron chi connectivity index (χ0n) is 20.4. The van der Waals surface area contributed by atoms with E-state index in [0.717, 1.165) is 48.1 Å². The first-order valence-electron chi connectivity index (χ1n) is 12.2. The van der Waals surface area contributed by atoms with Crippen LogP contribution in [0.15, 0.2) is 70.6 Å². The van der Waals surface area contributed by atoms with Crippen molar-refractivity contribution in [3.63, 3.8) is 0 Å². The largest absolute Gasteiger partial charge is 0.349 e. The van der Waals surface area contributed by atoms with E-state index in [2.05, 4.69) is 11.4 Å². The van der Waals surface area contributed by atoms with E-state index in [0.29, 0.717) is 27.4 Å². The normalized spacial score (nSPS) is 13.9. The number of amides is 1. The molecule has 36 heavy (non-hydrogen) atoms. The van der Waals surface area contributed by atoms with Gasteiger partial charge in [-0.2, -0.15) is 0 Å². The fraction of sp³-hybridized carbons (Fsp3) is 0.276. The molecule has 1 aliphatic carbocycles. The van der Waals surface area contributed by atoms with Gasteiger partial charge in [0.1, 0.15) is 5.82 Å². The van der Waals surface area contributed by atoms with Gasteiger partial charge in [0.05, 0.1) is 16.6 Å². The highest BCUT2D eigenvalue weighted by Crippen LogP contribution is 2.26. The van der Waals surface area contributed by atoms with Gasteiger partial charge in [0, 0.05) is 17.4 Å². The van der Waals surface area contributed by atoms with E-state index < -0.39 is 0 Å². The number of hydrogen-bond acceptors (Lipinski definition) is 4. The van der Waals surface area contributed by atoms with E-state index >= 15 is 0 Å². The van der Waals surface area contributed by atoms with Gasteiger partial charge in [-0.25, -0.2) is 9.37 Å². The fourth-order valence-electron chi connectivity index (χ4n) is 4.82. The Bertz CT molecular complexity index is 1490. The Morgan fingerprint density at radius 1 is 1.06 bits per heavy atom. The minimum absolute atomic E-state index is 0.141. The molecule has 0 saturated heterocycles. The summed E-state index contributed by atoms with van der Waals surface area (Å²) in [7, 11) is 0. The van der Waals surface area contributed by atoms with Gasteiger partial charge in [0.25, 0.3) is 11.5 Å². The van der Waals surface area contributed by atoms with Crippen LogP contribution in [0.25, 0.3) is 16.6 Å². The molecule has 1 saturated carbocycles. The van der Waals surface area contributed by atoms with E-state index in [1.807, 2.05) is 32.0 Å². The maximum atomic E-state index is 13.7. The molecule has 0 spiro atoms. The van der Waals surface area contributed by atoms with Crippen LogP contribution in [0.4, 0.5) is 4.39 Å². The molecule has 5 rings (SSSR count). The second-order valence-electron chi connectivity index (χ2n) is 9.49. The van der Waals surface area contributed by atoms with Gasteiger partial charge in [0.2, 0.25) is 0 Å². The molecule has 0 unspecified atom stereocenters. The molecule has 5 nitrogen and oxygen atoms in total. The molecule has 1 amide bonds. The molecule has 1 fully saturated rings. The third kappa shape index (κ3) is 5.21. The van der Waals surface area contributed by atoms with E-state index in [9.17, 15) is 14.0 Å². The number of benzene rings is 3. The highest BCUT2D eigenvalue weighted by Gasteiger charge is 2.20. The maximum absolute atomic E-state index is 13.7. The van der Waals surface area contributed by atoms with E-state index in [4.69, 9.17) is 4.98 Å². The second kappa shape index (κ2) is 10.3. The predicted octanol–water partition coefficient (Wildman–Crippen LogP) is 6.11. The van der Waals surface area contributed by atoms with E-state index in [1.165, 1.54) is 23.9 Å². The van der Waals surface area contributed by atoms with E-state index in [1.54, 1.807) is 28.8 Å². The lowest BCUT2D eigenvalue weighted by Gasteiger charge is -2.16. The van der Waals surface area contributed by atoms with Crippen molar-refractivity contribution in [3.8, 4) is 5.69 Å². The lowest BCUT2D eigenvalue weighted by Crippen LogP contribution is -2.32. The molecule has 3 aromatic carbocycles. The Hall–Kier alpha value is -3.45. The van der Waals surface area contributed by atoms with Crippen LogP contribution in [0.5, 0.6) is 0 Å². The van der Waals surface area contributed by atoms with Crippen LogP contribution in [0, 0.1) is 19.7 Å². The molecule has 0 atom stereocenters.